The van der Waals surface area contributed by atoms with Gasteiger partial charge in [0, 0.05) is 41.5 Å². The first-order valence-electron chi connectivity index (χ1n) is 22.0. The zero-order valence-corrected chi connectivity index (χ0v) is 37.2. The van der Waals surface area contributed by atoms with Gasteiger partial charge in [0.25, 0.3) is 0 Å². The summed E-state index contributed by atoms with van der Waals surface area (Å²) in [6.07, 6.45) is 1.39. The van der Waals surface area contributed by atoms with Crippen molar-refractivity contribution in [3.63, 3.8) is 0 Å². The van der Waals surface area contributed by atoms with Crippen LogP contribution in [0.5, 0.6) is 0 Å². The number of pyridine rings is 1. The maximum absolute atomic E-state index is 9.53. The number of para-hydroxylation sites is 2. The second-order valence-corrected chi connectivity index (χ2v) is 15.7. The van der Waals surface area contributed by atoms with Crippen molar-refractivity contribution < 1.29 is 28.6 Å². The smallest absolute Gasteiger partial charge is 0.122 e. The number of nitriles is 1. The predicted molar refractivity (Wildman–Crippen MR) is 250 cm³/mol. The number of hydrogen-bond donors (Lipinski definition) is 0. The van der Waals surface area contributed by atoms with E-state index in [1.54, 1.807) is 24.3 Å². The van der Waals surface area contributed by atoms with Gasteiger partial charge in [0.15, 0.2) is 0 Å². The van der Waals surface area contributed by atoms with Gasteiger partial charge in [0.1, 0.15) is 5.58 Å². The molecule has 0 N–H and O–H groups in total. The third-order valence-electron chi connectivity index (χ3n) is 11.1. The summed E-state index contributed by atoms with van der Waals surface area (Å²) in [5.41, 5.74) is 15.0. The van der Waals surface area contributed by atoms with Gasteiger partial charge in [-0.3, -0.25) is 4.98 Å². The molecule has 7 aromatic carbocycles. The van der Waals surface area contributed by atoms with E-state index in [0.717, 1.165) is 50.1 Å². The SMILES string of the molecule is CC(C)c1cc(-c2ccc(-c3ccccc3)cc2)cc(C(C)C)c1-n1c(-c2[c-]ccc3c2oc2cc(C#N)ccc23)nc2ccccc21.[2H]C([2H])([2H])c1ccc(-c2[c-]cccc2)nc1.[Ir]. The van der Waals surface area contributed by atoms with Crippen molar-refractivity contribution in [2.24, 2.45) is 0 Å². The Bertz CT molecular complexity index is 3280. The van der Waals surface area contributed by atoms with Gasteiger partial charge in [0.05, 0.1) is 34.1 Å². The van der Waals surface area contributed by atoms with E-state index in [1.165, 1.54) is 39.6 Å². The second kappa shape index (κ2) is 18.0. The third-order valence-corrected chi connectivity index (χ3v) is 11.1. The van der Waals surface area contributed by atoms with Crippen LogP contribution in [0.3, 0.4) is 0 Å². The Kier molecular flexibility index (Phi) is 11.0. The molecule has 0 bridgehead atoms. The Balaban J connectivity index is 0.000000287. The van der Waals surface area contributed by atoms with Crippen LogP contribution in [0.4, 0.5) is 0 Å². The van der Waals surface area contributed by atoms with E-state index >= 15 is 0 Å². The van der Waals surface area contributed by atoms with Crippen molar-refractivity contribution in [2.45, 2.75) is 46.4 Å². The summed E-state index contributed by atoms with van der Waals surface area (Å²) < 4.78 is 30.5. The van der Waals surface area contributed by atoms with Gasteiger partial charge in [-0.25, -0.2) is 0 Å². The molecule has 305 valence electrons. The van der Waals surface area contributed by atoms with Gasteiger partial charge in [-0.15, -0.1) is 54.1 Å². The summed E-state index contributed by atoms with van der Waals surface area (Å²) in [6, 6.07) is 61.5. The van der Waals surface area contributed by atoms with Gasteiger partial charge in [0.2, 0.25) is 0 Å². The maximum Gasteiger partial charge on any atom is 0.122 e. The third kappa shape index (κ3) is 8.14. The molecule has 10 rings (SSSR count). The Morgan fingerprint density at radius 3 is 2.03 bits per heavy atom. The van der Waals surface area contributed by atoms with Crippen LogP contribution in [-0.4, -0.2) is 14.5 Å². The predicted octanol–water partition coefficient (Wildman–Crippen LogP) is 14.7. The summed E-state index contributed by atoms with van der Waals surface area (Å²) >= 11 is 0. The molecule has 0 unspecified atom stereocenters. The zero-order chi connectivity index (χ0) is 44.5. The fourth-order valence-electron chi connectivity index (χ4n) is 7.97. The number of imidazole rings is 1. The van der Waals surface area contributed by atoms with Crippen molar-refractivity contribution in [3.05, 3.63) is 198 Å². The summed E-state index contributed by atoms with van der Waals surface area (Å²) in [5.74, 6) is 1.26. The van der Waals surface area contributed by atoms with E-state index in [-0.39, 0.29) is 37.5 Å². The van der Waals surface area contributed by atoms with Crippen LogP contribution < -0.4 is 0 Å². The number of hydrogen-bond acceptors (Lipinski definition) is 4. The standard InChI is InChI=1S/C44H34N3O.C12H10N.Ir/c1-27(2)37-24-33(32-20-18-31(19-21-32)30-11-6-5-7-12-30)25-38(28(3)4)42(37)47-40-16-9-8-15-39(40)46-44(47)36-14-10-13-35-34-22-17-29(26-45)23-41(34)48-43(35)36;1-10-7-8-12(13-9-10)11-5-3-2-4-6-11;/h5-13,15-25,27-28H,1-4H3;2-5,7-9H,1H3;/q2*-1;/i;1D3;. The molecule has 5 nitrogen and oxygen atoms in total. The van der Waals surface area contributed by atoms with Crippen LogP contribution in [0.2, 0.25) is 0 Å². The Morgan fingerprint density at radius 2 is 1.37 bits per heavy atom. The van der Waals surface area contributed by atoms with Crippen LogP contribution >= 0.6 is 0 Å². The molecular formula is C56H44IrN4O-2. The van der Waals surface area contributed by atoms with E-state index in [2.05, 4.69) is 140 Å². The van der Waals surface area contributed by atoms with Crippen LogP contribution in [0.1, 0.15) is 65.9 Å². The van der Waals surface area contributed by atoms with E-state index in [9.17, 15) is 5.26 Å². The monoisotopic (exact) mass is 984 g/mol. The van der Waals surface area contributed by atoms with E-state index in [1.807, 2.05) is 48.5 Å². The molecule has 6 heteroatoms. The van der Waals surface area contributed by atoms with E-state index in [0.29, 0.717) is 16.7 Å². The van der Waals surface area contributed by atoms with E-state index < -0.39 is 6.85 Å². The van der Waals surface area contributed by atoms with Gasteiger partial charge in [-0.1, -0.05) is 124 Å². The number of rotatable bonds is 7. The van der Waals surface area contributed by atoms with Gasteiger partial charge >= 0.3 is 0 Å². The molecule has 0 saturated carbocycles. The number of benzene rings is 7. The molecule has 0 aliphatic heterocycles. The average molecular weight is 984 g/mol. The minimum atomic E-state index is -2.09. The first-order chi connectivity index (χ1) is 31.0. The minimum Gasteiger partial charge on any atom is -0.500 e. The molecule has 0 fully saturated rings. The molecule has 0 aliphatic rings. The Hall–Kier alpha value is -6.90. The van der Waals surface area contributed by atoms with E-state index in [4.69, 9.17) is 13.5 Å². The van der Waals surface area contributed by atoms with Crippen molar-refractivity contribution >= 4 is 33.0 Å². The molecule has 3 aromatic heterocycles. The van der Waals surface area contributed by atoms with Gasteiger partial charge in [-0.05, 0) is 99.7 Å². The Morgan fingerprint density at radius 1 is 0.677 bits per heavy atom. The first-order valence-corrected chi connectivity index (χ1v) is 20.5. The normalized spacial score (nSPS) is 12.0. The number of fused-ring (bicyclic) bond motifs is 4. The molecule has 0 saturated heterocycles. The van der Waals surface area contributed by atoms with Crippen molar-refractivity contribution in [1.82, 2.24) is 14.5 Å². The number of nitrogens with zero attached hydrogens (tertiary/aromatic N) is 4. The molecule has 1 radical (unpaired) electrons. The zero-order valence-electron chi connectivity index (χ0n) is 37.8. The molecule has 62 heavy (non-hydrogen) atoms. The Labute approximate surface area is 380 Å². The summed E-state index contributed by atoms with van der Waals surface area (Å²) in [6.45, 7) is 6.98. The van der Waals surface area contributed by atoms with Crippen molar-refractivity contribution in [1.29, 1.82) is 5.26 Å². The van der Waals surface area contributed by atoms with Crippen LogP contribution in [-0.2, 0) is 20.1 Å². The fraction of sp³-hybridized carbons (Fsp3) is 0.125. The second-order valence-electron chi connectivity index (χ2n) is 15.7. The largest absolute Gasteiger partial charge is 0.500 e. The van der Waals surface area contributed by atoms with Gasteiger partial charge < -0.3 is 14.0 Å². The van der Waals surface area contributed by atoms with Crippen LogP contribution in [0.25, 0.3) is 83.6 Å². The minimum absolute atomic E-state index is 0. The summed E-state index contributed by atoms with van der Waals surface area (Å²) in [7, 11) is 0. The molecule has 0 atom stereocenters. The summed E-state index contributed by atoms with van der Waals surface area (Å²) in [5, 5.41) is 11.5. The number of furan rings is 1. The van der Waals surface area contributed by atoms with Gasteiger partial charge in [-0.2, -0.15) is 5.26 Å². The average Bonchev–Trinajstić information content (AvgIpc) is 3.90. The first kappa shape index (κ1) is 38.1. The molecule has 0 aliphatic carbocycles. The molecule has 0 spiro atoms. The quantitative estimate of drug-likeness (QED) is 0.149. The number of aromatic nitrogens is 3. The van der Waals surface area contributed by atoms with Crippen LogP contribution in [0, 0.1) is 30.3 Å². The fourth-order valence-corrected chi connectivity index (χ4v) is 7.97. The van der Waals surface area contributed by atoms with Crippen molar-refractivity contribution in [3.8, 4) is 56.7 Å². The number of aryl methyl sites for hydroxylation is 1. The topological polar surface area (TPSA) is 67.6 Å². The van der Waals surface area contributed by atoms with Crippen LogP contribution in [0.15, 0.2) is 168 Å². The molecule has 0 amide bonds. The summed E-state index contributed by atoms with van der Waals surface area (Å²) in [4.78, 5) is 9.38. The van der Waals surface area contributed by atoms with Crippen molar-refractivity contribution in [2.75, 3.05) is 0 Å². The molecule has 10 aromatic rings. The maximum atomic E-state index is 9.53. The molecule has 3 heterocycles. The molecular weight excluding hydrogens is 937 g/mol.